The van der Waals surface area contributed by atoms with Gasteiger partial charge >= 0.3 is 7.82 Å². The van der Waals surface area contributed by atoms with Crippen molar-refractivity contribution in [3.63, 3.8) is 0 Å². The number of ether oxygens (including phenoxy) is 1. The molecule has 0 radical (unpaired) electrons. The van der Waals surface area contributed by atoms with Crippen LogP contribution in [0.2, 0.25) is 5.02 Å². The number of pyridine rings is 2. The molecule has 0 bridgehead atoms. The summed E-state index contributed by atoms with van der Waals surface area (Å²) in [6.45, 7) is 14.3. The minimum absolute atomic E-state index is 0.194. The lowest BCUT2D eigenvalue weighted by Crippen LogP contribution is -2.56. The Kier molecular flexibility index (Phi) is 8.65. The lowest BCUT2D eigenvalue weighted by Gasteiger charge is -2.53. The summed E-state index contributed by atoms with van der Waals surface area (Å²) in [6.07, 6.45) is 5.33. The largest absolute Gasteiger partial charge is 0.471 e. The number of hydrogen-bond acceptors (Lipinski definition) is 6. The number of halogens is 1. The van der Waals surface area contributed by atoms with Gasteiger partial charge in [0.15, 0.2) is 5.72 Å². The Labute approximate surface area is 262 Å². The molecule has 0 spiro atoms. The Bertz CT molecular complexity index is 1740. The molecule has 1 aromatic carbocycles. The van der Waals surface area contributed by atoms with Gasteiger partial charge < -0.3 is 28.6 Å². The third-order valence-electron chi connectivity index (χ3n) is 8.20. The Morgan fingerprint density at radius 3 is 2.20 bits per heavy atom. The molecule has 3 aromatic heterocycles. The fourth-order valence-electron chi connectivity index (χ4n) is 6.49. The van der Waals surface area contributed by atoms with Crippen LogP contribution in [0.1, 0.15) is 47.1 Å². The van der Waals surface area contributed by atoms with Crippen molar-refractivity contribution < 1.29 is 23.6 Å². The molecule has 1 saturated heterocycles. The minimum atomic E-state index is -5.00. The van der Waals surface area contributed by atoms with Gasteiger partial charge in [-0.25, -0.2) is 9.55 Å². The zero-order chi connectivity index (χ0) is 32.1. The lowest BCUT2D eigenvalue weighted by atomic mass is 9.68. The normalized spacial score (nSPS) is 15.2. The maximum Gasteiger partial charge on any atom is 0.471 e. The van der Waals surface area contributed by atoms with Gasteiger partial charge in [0.1, 0.15) is 5.65 Å². The number of rotatable bonds is 7. The second-order valence-corrected chi connectivity index (χ2v) is 14.9. The number of morpholine rings is 1. The fourth-order valence-corrected chi connectivity index (χ4v) is 7.60. The standard InChI is InChI=1S/C32H40ClN4O6P/c1-30(2,3)32(31(4,5)6,43-44(39,40)41)37-21-27(26-18-25(19-34-29(26)37)35-13-15-42-16-14-35)23-11-12-36(28(38)17-23)20-22-7-9-24(33)10-8-22/h7-12,17-19,21H,13-16,20H2,1-6H3,(H2,39,40,41). The lowest BCUT2D eigenvalue weighted by molar-refractivity contribution is -0.188. The van der Waals surface area contributed by atoms with Gasteiger partial charge in [-0.1, -0.05) is 65.3 Å². The van der Waals surface area contributed by atoms with E-state index in [1.807, 2.05) is 72.0 Å². The Morgan fingerprint density at radius 1 is 1.00 bits per heavy atom. The molecule has 4 aromatic rings. The van der Waals surface area contributed by atoms with Crippen LogP contribution in [0.15, 0.2) is 65.8 Å². The number of fused-ring (bicyclic) bond motifs is 1. The quantitative estimate of drug-likeness (QED) is 0.227. The molecule has 10 nitrogen and oxygen atoms in total. The topological polar surface area (TPSA) is 119 Å². The van der Waals surface area contributed by atoms with E-state index in [2.05, 4.69) is 4.90 Å². The molecular formula is C32H40ClN4O6P. The predicted octanol–water partition coefficient (Wildman–Crippen LogP) is 6.26. The van der Waals surface area contributed by atoms with Crippen molar-refractivity contribution in [2.45, 2.75) is 53.8 Å². The van der Waals surface area contributed by atoms with Gasteiger partial charge in [-0.05, 0) is 35.4 Å². The van der Waals surface area contributed by atoms with Gasteiger partial charge in [0.2, 0.25) is 0 Å². The summed E-state index contributed by atoms with van der Waals surface area (Å²) in [6, 6.07) is 12.8. The number of benzene rings is 1. The zero-order valence-corrected chi connectivity index (χ0v) is 27.6. The SMILES string of the molecule is CC(C)(C)C(OP(=O)(O)O)(n1cc(-c2ccn(Cc3ccc(Cl)cc3)c(=O)c2)c2cc(N3CCOCC3)cnc21)C(C)(C)C. The molecule has 0 amide bonds. The van der Waals surface area contributed by atoms with Crippen molar-refractivity contribution in [1.29, 1.82) is 0 Å². The molecule has 236 valence electrons. The third kappa shape index (κ3) is 6.25. The number of anilines is 1. The van der Waals surface area contributed by atoms with Gasteiger partial charge in [0, 0.05) is 58.4 Å². The smallest absolute Gasteiger partial charge is 0.378 e. The molecule has 0 atom stereocenters. The van der Waals surface area contributed by atoms with Crippen LogP contribution < -0.4 is 10.5 Å². The summed E-state index contributed by atoms with van der Waals surface area (Å²) in [5.41, 5.74) is 0.293. The molecule has 1 fully saturated rings. The van der Waals surface area contributed by atoms with Gasteiger partial charge in [-0.15, -0.1) is 0 Å². The molecule has 2 N–H and O–H groups in total. The first kappa shape index (κ1) is 32.4. The van der Waals surface area contributed by atoms with Crippen molar-refractivity contribution in [1.82, 2.24) is 14.1 Å². The molecule has 1 aliphatic heterocycles. The van der Waals surface area contributed by atoms with Crippen molar-refractivity contribution in [2.24, 2.45) is 10.8 Å². The molecule has 4 heterocycles. The van der Waals surface area contributed by atoms with Crippen LogP contribution in [0.5, 0.6) is 0 Å². The Morgan fingerprint density at radius 2 is 1.64 bits per heavy atom. The molecule has 0 saturated carbocycles. The summed E-state index contributed by atoms with van der Waals surface area (Å²) >= 11 is 6.03. The molecule has 12 heteroatoms. The highest BCUT2D eigenvalue weighted by molar-refractivity contribution is 7.46. The van der Waals surface area contributed by atoms with E-state index >= 15 is 0 Å². The molecule has 5 rings (SSSR count). The van der Waals surface area contributed by atoms with Crippen LogP contribution in [0.4, 0.5) is 5.69 Å². The monoisotopic (exact) mass is 642 g/mol. The second kappa shape index (κ2) is 11.7. The average molecular weight is 643 g/mol. The number of hydrogen-bond donors (Lipinski definition) is 2. The van der Waals surface area contributed by atoms with Crippen LogP contribution in [-0.4, -0.2) is 50.2 Å². The number of phosphoric ester groups is 1. The molecule has 44 heavy (non-hydrogen) atoms. The van der Waals surface area contributed by atoms with Crippen molar-refractivity contribution in [2.75, 3.05) is 31.2 Å². The third-order valence-corrected chi connectivity index (χ3v) is 8.96. The maximum atomic E-state index is 13.4. The van der Waals surface area contributed by atoms with Gasteiger partial charge in [0.25, 0.3) is 5.56 Å². The Balaban J connectivity index is 1.74. The van der Waals surface area contributed by atoms with E-state index < -0.39 is 24.4 Å². The molecule has 0 unspecified atom stereocenters. The summed E-state index contributed by atoms with van der Waals surface area (Å²) in [5, 5.41) is 1.36. The fraction of sp³-hybridized carbons (Fsp3) is 0.438. The van der Waals surface area contributed by atoms with Gasteiger partial charge in [0.05, 0.1) is 31.6 Å². The van der Waals surface area contributed by atoms with Crippen molar-refractivity contribution in [3.05, 3.63) is 82.0 Å². The first-order chi connectivity index (χ1) is 20.5. The van der Waals surface area contributed by atoms with E-state index in [4.69, 9.17) is 25.8 Å². The van der Waals surface area contributed by atoms with E-state index in [9.17, 15) is 19.1 Å². The first-order valence-electron chi connectivity index (χ1n) is 14.6. The number of phosphoric acid groups is 1. The van der Waals surface area contributed by atoms with Crippen LogP contribution in [0, 0.1) is 10.8 Å². The highest BCUT2D eigenvalue weighted by Gasteiger charge is 2.57. The van der Waals surface area contributed by atoms with Crippen LogP contribution in [-0.2, 0) is 26.1 Å². The summed E-state index contributed by atoms with van der Waals surface area (Å²) < 4.78 is 27.4. The summed E-state index contributed by atoms with van der Waals surface area (Å²) in [7, 11) is -5.00. The maximum absolute atomic E-state index is 13.4. The number of aromatic nitrogens is 3. The average Bonchev–Trinajstić information content (AvgIpc) is 3.31. The van der Waals surface area contributed by atoms with Crippen LogP contribution >= 0.6 is 19.4 Å². The van der Waals surface area contributed by atoms with E-state index in [0.717, 1.165) is 16.6 Å². The number of nitrogens with zero attached hydrogens (tertiary/aromatic N) is 4. The van der Waals surface area contributed by atoms with Gasteiger partial charge in [-0.2, -0.15) is 0 Å². The molecule has 0 aliphatic carbocycles. The zero-order valence-electron chi connectivity index (χ0n) is 26.0. The minimum Gasteiger partial charge on any atom is -0.378 e. The highest BCUT2D eigenvalue weighted by Crippen LogP contribution is 2.59. The molecule has 1 aliphatic rings. The van der Waals surface area contributed by atoms with Crippen molar-refractivity contribution >= 4 is 36.1 Å². The van der Waals surface area contributed by atoms with Crippen molar-refractivity contribution in [3.8, 4) is 11.1 Å². The van der Waals surface area contributed by atoms with E-state index in [0.29, 0.717) is 54.6 Å². The van der Waals surface area contributed by atoms with E-state index in [-0.39, 0.29) is 5.56 Å². The van der Waals surface area contributed by atoms with E-state index in [1.165, 1.54) is 0 Å². The highest BCUT2D eigenvalue weighted by atomic mass is 35.5. The van der Waals surface area contributed by atoms with Gasteiger partial charge in [-0.3, -0.25) is 9.32 Å². The van der Waals surface area contributed by atoms with E-state index in [1.54, 1.807) is 39.7 Å². The second-order valence-electron chi connectivity index (χ2n) is 13.3. The van der Waals surface area contributed by atoms with Crippen LogP contribution in [0.25, 0.3) is 22.2 Å². The predicted molar refractivity (Wildman–Crippen MR) is 173 cm³/mol. The first-order valence-corrected chi connectivity index (χ1v) is 16.5. The molecular weight excluding hydrogens is 603 g/mol. The summed E-state index contributed by atoms with van der Waals surface area (Å²) in [4.78, 5) is 41.0. The Hall–Kier alpha value is -2.98. The van der Waals surface area contributed by atoms with Crippen LogP contribution in [0.3, 0.4) is 0 Å². The summed E-state index contributed by atoms with van der Waals surface area (Å²) in [5.74, 6) is 0.